The van der Waals surface area contributed by atoms with Crippen LogP contribution in [0.2, 0.25) is 5.02 Å². The highest BCUT2D eigenvalue weighted by molar-refractivity contribution is 7.91. The Bertz CT molecular complexity index is 909. The molecule has 0 saturated carbocycles. The molecule has 0 aliphatic carbocycles. The minimum atomic E-state index is -2.99. The van der Waals surface area contributed by atoms with Crippen molar-refractivity contribution in [3.05, 3.63) is 23.4 Å². The number of benzene rings is 1. The lowest BCUT2D eigenvalue weighted by atomic mass is 10.2. The number of halogens is 1. The van der Waals surface area contributed by atoms with Gasteiger partial charge in [0.15, 0.2) is 15.7 Å². The Kier molecular flexibility index (Phi) is 5.33. The minimum absolute atomic E-state index is 0.0657. The number of nitrogens with zero attached hydrogens (tertiary/aromatic N) is 3. The molecule has 26 heavy (non-hydrogen) atoms. The molecule has 1 aromatic heterocycles. The van der Waals surface area contributed by atoms with Crippen LogP contribution in [0, 0.1) is 0 Å². The molecule has 3 rings (SSSR count). The minimum Gasteiger partial charge on any atom is -0.495 e. The van der Waals surface area contributed by atoms with Crippen molar-refractivity contribution in [1.82, 2.24) is 15.2 Å². The monoisotopic (exact) mass is 399 g/mol. The summed E-state index contributed by atoms with van der Waals surface area (Å²) >= 11 is 6.10. The van der Waals surface area contributed by atoms with E-state index in [1.807, 2.05) is 0 Å². The number of aromatic nitrogens is 3. The highest BCUT2D eigenvalue weighted by atomic mass is 35.5. The number of methoxy groups -OCH3 is 2. The molecule has 2 heterocycles. The van der Waals surface area contributed by atoms with Crippen LogP contribution < -0.4 is 20.1 Å². The average Bonchev–Trinajstić information content (AvgIpc) is 2.95. The second kappa shape index (κ2) is 7.50. The Morgan fingerprint density at radius 3 is 2.65 bits per heavy atom. The summed E-state index contributed by atoms with van der Waals surface area (Å²) in [4.78, 5) is 4.31. The molecule has 1 saturated heterocycles. The number of nitrogens with one attached hydrogen (secondary N) is 2. The van der Waals surface area contributed by atoms with Gasteiger partial charge in [-0.25, -0.2) is 8.42 Å². The summed E-state index contributed by atoms with van der Waals surface area (Å²) < 4.78 is 33.6. The summed E-state index contributed by atoms with van der Waals surface area (Å²) in [7, 11) is 0.0461. The predicted molar refractivity (Wildman–Crippen MR) is 98.3 cm³/mol. The van der Waals surface area contributed by atoms with Crippen LogP contribution >= 0.6 is 11.6 Å². The van der Waals surface area contributed by atoms with Crippen LogP contribution in [0.5, 0.6) is 11.5 Å². The molecule has 140 valence electrons. The van der Waals surface area contributed by atoms with Crippen molar-refractivity contribution in [2.75, 3.05) is 36.4 Å². The quantitative estimate of drug-likeness (QED) is 0.750. The molecule has 1 aliphatic rings. The standard InChI is InChI=1S/C15H18ClN5O4S/c1-24-12-6-11(13(25-2)5-10(12)16)19-14-7-17-21-15(20-14)18-9-3-4-26(22,23)8-9/h5-7,9H,3-4,8H2,1-2H3,(H2,18,19,20,21). The van der Waals surface area contributed by atoms with E-state index in [0.29, 0.717) is 34.4 Å². The summed E-state index contributed by atoms with van der Waals surface area (Å²) in [5.74, 6) is 1.87. The number of hydrogen-bond acceptors (Lipinski definition) is 9. The smallest absolute Gasteiger partial charge is 0.244 e. The molecule has 1 aliphatic heterocycles. The van der Waals surface area contributed by atoms with Crippen LogP contribution in [0.15, 0.2) is 18.3 Å². The van der Waals surface area contributed by atoms with Crippen molar-refractivity contribution in [2.45, 2.75) is 12.5 Å². The Labute approximate surface area is 156 Å². The Morgan fingerprint density at radius 2 is 2.00 bits per heavy atom. The molecule has 1 atom stereocenters. The van der Waals surface area contributed by atoms with Crippen molar-refractivity contribution in [1.29, 1.82) is 0 Å². The fourth-order valence-corrected chi connectivity index (χ4v) is 4.52. The van der Waals surface area contributed by atoms with Crippen LogP contribution in [0.1, 0.15) is 6.42 Å². The summed E-state index contributed by atoms with van der Waals surface area (Å²) in [6.45, 7) is 0. The van der Waals surface area contributed by atoms with Crippen LogP contribution in [-0.4, -0.2) is 55.4 Å². The molecule has 0 spiro atoms. The number of ether oxygens (including phenoxy) is 2. The van der Waals surface area contributed by atoms with Gasteiger partial charge in [0.1, 0.15) is 11.5 Å². The van der Waals surface area contributed by atoms with Gasteiger partial charge in [-0.15, -0.1) is 5.10 Å². The predicted octanol–water partition coefficient (Wildman–Crippen LogP) is 1.88. The topological polar surface area (TPSA) is 115 Å². The highest BCUT2D eigenvalue weighted by Gasteiger charge is 2.28. The summed E-state index contributed by atoms with van der Waals surface area (Å²) in [6, 6.07) is 3.09. The Balaban J connectivity index is 1.79. The largest absolute Gasteiger partial charge is 0.495 e. The average molecular weight is 400 g/mol. The van der Waals surface area contributed by atoms with E-state index >= 15 is 0 Å². The molecule has 1 aromatic carbocycles. The van der Waals surface area contributed by atoms with E-state index in [1.165, 1.54) is 20.4 Å². The van der Waals surface area contributed by atoms with Crippen molar-refractivity contribution >= 4 is 38.9 Å². The number of hydrogen-bond donors (Lipinski definition) is 2. The third-order valence-electron chi connectivity index (χ3n) is 3.86. The maximum atomic E-state index is 11.6. The van der Waals surface area contributed by atoms with E-state index in [0.717, 1.165) is 0 Å². The molecule has 11 heteroatoms. The van der Waals surface area contributed by atoms with Gasteiger partial charge in [0.2, 0.25) is 5.95 Å². The lowest BCUT2D eigenvalue weighted by molar-refractivity contribution is 0.405. The first-order valence-corrected chi connectivity index (χ1v) is 9.95. The van der Waals surface area contributed by atoms with Gasteiger partial charge < -0.3 is 20.1 Å². The van der Waals surface area contributed by atoms with E-state index in [-0.39, 0.29) is 23.5 Å². The molecule has 1 unspecified atom stereocenters. The van der Waals surface area contributed by atoms with Gasteiger partial charge in [-0.3, -0.25) is 0 Å². The Morgan fingerprint density at radius 1 is 1.23 bits per heavy atom. The van der Waals surface area contributed by atoms with E-state index in [2.05, 4.69) is 25.8 Å². The van der Waals surface area contributed by atoms with Crippen molar-refractivity contribution < 1.29 is 17.9 Å². The summed E-state index contributed by atoms with van der Waals surface area (Å²) in [5.41, 5.74) is 0.587. The fourth-order valence-electron chi connectivity index (χ4n) is 2.61. The van der Waals surface area contributed by atoms with Crippen LogP contribution in [0.25, 0.3) is 0 Å². The zero-order valence-electron chi connectivity index (χ0n) is 14.2. The fraction of sp³-hybridized carbons (Fsp3) is 0.400. The number of rotatable bonds is 6. The third kappa shape index (κ3) is 4.25. The van der Waals surface area contributed by atoms with Gasteiger partial charge in [0.25, 0.3) is 0 Å². The second-order valence-corrected chi connectivity index (χ2v) is 8.36. The zero-order chi connectivity index (χ0) is 18.7. The molecular formula is C15H18ClN5O4S. The molecule has 1 fully saturated rings. The number of anilines is 3. The normalized spacial score (nSPS) is 18.3. The summed E-state index contributed by atoms with van der Waals surface area (Å²) in [6.07, 6.45) is 1.96. The van der Waals surface area contributed by atoms with Gasteiger partial charge in [0.05, 0.1) is 42.6 Å². The third-order valence-corrected chi connectivity index (χ3v) is 5.92. The first-order valence-electron chi connectivity index (χ1n) is 7.75. The summed E-state index contributed by atoms with van der Waals surface area (Å²) in [5, 5.41) is 14.3. The molecule has 0 radical (unpaired) electrons. The molecule has 0 bridgehead atoms. The molecule has 0 amide bonds. The van der Waals surface area contributed by atoms with Gasteiger partial charge in [-0.05, 0) is 6.42 Å². The first-order chi connectivity index (χ1) is 12.4. The first kappa shape index (κ1) is 18.5. The van der Waals surface area contributed by atoms with Crippen molar-refractivity contribution in [2.24, 2.45) is 0 Å². The van der Waals surface area contributed by atoms with Crippen LogP contribution in [-0.2, 0) is 9.84 Å². The van der Waals surface area contributed by atoms with Crippen molar-refractivity contribution in [3.8, 4) is 11.5 Å². The van der Waals surface area contributed by atoms with E-state index in [1.54, 1.807) is 12.1 Å². The van der Waals surface area contributed by atoms with Crippen LogP contribution in [0.4, 0.5) is 17.5 Å². The van der Waals surface area contributed by atoms with E-state index in [9.17, 15) is 8.42 Å². The highest BCUT2D eigenvalue weighted by Crippen LogP contribution is 2.37. The maximum Gasteiger partial charge on any atom is 0.244 e. The lowest BCUT2D eigenvalue weighted by Gasteiger charge is -2.14. The van der Waals surface area contributed by atoms with Gasteiger partial charge in [0, 0.05) is 18.2 Å². The lowest BCUT2D eigenvalue weighted by Crippen LogP contribution is -2.22. The molecule has 2 aromatic rings. The maximum absolute atomic E-state index is 11.6. The Hall–Kier alpha value is -2.33. The van der Waals surface area contributed by atoms with Crippen molar-refractivity contribution in [3.63, 3.8) is 0 Å². The van der Waals surface area contributed by atoms with E-state index in [4.69, 9.17) is 21.1 Å². The molecule has 9 nitrogen and oxygen atoms in total. The van der Waals surface area contributed by atoms with E-state index < -0.39 is 9.84 Å². The molecular weight excluding hydrogens is 382 g/mol. The van der Waals surface area contributed by atoms with Gasteiger partial charge in [-0.2, -0.15) is 10.1 Å². The van der Waals surface area contributed by atoms with Crippen LogP contribution in [0.3, 0.4) is 0 Å². The SMILES string of the molecule is COc1cc(Nc2cnnc(NC3CCS(=O)(=O)C3)n2)c(OC)cc1Cl. The second-order valence-electron chi connectivity index (χ2n) is 5.72. The zero-order valence-corrected chi connectivity index (χ0v) is 15.8. The van der Waals surface area contributed by atoms with Gasteiger partial charge in [-0.1, -0.05) is 11.6 Å². The molecule has 2 N–H and O–H groups in total. The number of sulfone groups is 1. The van der Waals surface area contributed by atoms with Gasteiger partial charge >= 0.3 is 0 Å².